The summed E-state index contributed by atoms with van der Waals surface area (Å²) in [7, 11) is 0. The molecule has 0 radical (unpaired) electrons. The van der Waals surface area contributed by atoms with Crippen molar-refractivity contribution in [3.05, 3.63) is 95.2 Å². The number of nitrogens with one attached hydrogen (secondary N) is 1. The van der Waals surface area contributed by atoms with E-state index in [9.17, 15) is 23.9 Å². The topological polar surface area (TPSA) is 91.6 Å². The molecule has 0 saturated carbocycles. The number of benzene rings is 2. The summed E-state index contributed by atoms with van der Waals surface area (Å²) in [6.07, 6.45) is 3.21. The highest BCUT2D eigenvalue weighted by atomic mass is 19.1. The fourth-order valence-corrected chi connectivity index (χ4v) is 3.20. The lowest BCUT2D eigenvalue weighted by molar-refractivity contribution is -0.123. The van der Waals surface area contributed by atoms with E-state index in [0.29, 0.717) is 11.4 Å². The zero-order chi connectivity index (χ0) is 21.3. The molecular weight excluding hydrogens is 389 g/mol. The van der Waals surface area contributed by atoms with Crippen molar-refractivity contribution in [2.75, 3.05) is 0 Å². The first-order chi connectivity index (χ1) is 14.4. The molecule has 0 atom stereocenters. The number of carbonyl (C=O) groups is 3. The molecule has 7 nitrogen and oxygen atoms in total. The Morgan fingerprint density at radius 3 is 2.63 bits per heavy atom. The fraction of sp³-hybridized carbons (Fsp3) is 0.0455. The van der Waals surface area contributed by atoms with Gasteiger partial charge in [0.1, 0.15) is 11.5 Å². The number of carbonyl (C=O) groups excluding carboxylic acids is 2. The van der Waals surface area contributed by atoms with Gasteiger partial charge in [-0.15, -0.1) is 0 Å². The number of urea groups is 1. The summed E-state index contributed by atoms with van der Waals surface area (Å²) in [5, 5.41) is 11.7. The number of aromatic nitrogens is 1. The maximum absolute atomic E-state index is 13.9. The van der Waals surface area contributed by atoms with Gasteiger partial charge in [0.2, 0.25) is 0 Å². The molecule has 1 aliphatic heterocycles. The molecule has 3 amide bonds. The number of amides is 3. The maximum Gasteiger partial charge on any atom is 0.335 e. The quantitative estimate of drug-likeness (QED) is 0.503. The predicted molar refractivity (Wildman–Crippen MR) is 106 cm³/mol. The lowest BCUT2D eigenvalue weighted by Crippen LogP contribution is -2.30. The van der Waals surface area contributed by atoms with Gasteiger partial charge < -0.3 is 15.0 Å². The minimum atomic E-state index is -1.05. The van der Waals surface area contributed by atoms with E-state index in [2.05, 4.69) is 5.32 Å². The van der Waals surface area contributed by atoms with E-state index in [4.69, 9.17) is 0 Å². The van der Waals surface area contributed by atoms with Gasteiger partial charge in [-0.2, -0.15) is 0 Å². The highest BCUT2D eigenvalue weighted by Crippen LogP contribution is 2.21. The standard InChI is InChI=1S/C22H16FN3O4/c23-18-9-2-1-5-15(18)13-26-20(27)19(24-22(26)30)12-17-8-4-10-25(17)16-7-3-6-14(11-16)21(28)29/h1-12H,13H2,(H,24,30)(H,28,29)/b19-12-. The number of rotatable bonds is 5. The summed E-state index contributed by atoms with van der Waals surface area (Å²) < 4.78 is 15.6. The van der Waals surface area contributed by atoms with Crippen molar-refractivity contribution >= 4 is 24.0 Å². The van der Waals surface area contributed by atoms with Crippen molar-refractivity contribution in [2.45, 2.75) is 6.54 Å². The second-order valence-corrected chi connectivity index (χ2v) is 6.63. The zero-order valence-electron chi connectivity index (χ0n) is 15.6. The molecule has 0 bridgehead atoms. The van der Waals surface area contributed by atoms with Crippen LogP contribution in [0.15, 0.2) is 72.6 Å². The number of hydrogen-bond acceptors (Lipinski definition) is 3. The molecule has 150 valence electrons. The van der Waals surface area contributed by atoms with Gasteiger partial charge in [0.05, 0.1) is 12.1 Å². The fourth-order valence-electron chi connectivity index (χ4n) is 3.20. The van der Waals surface area contributed by atoms with Crippen LogP contribution in [0.5, 0.6) is 0 Å². The van der Waals surface area contributed by atoms with Crippen LogP contribution in [-0.2, 0) is 11.3 Å². The van der Waals surface area contributed by atoms with E-state index in [0.717, 1.165) is 4.90 Å². The largest absolute Gasteiger partial charge is 0.478 e. The van der Waals surface area contributed by atoms with Gasteiger partial charge in [-0.05, 0) is 42.5 Å². The number of nitrogens with zero attached hydrogens (tertiary/aromatic N) is 2. The SMILES string of the molecule is O=C(O)c1cccc(-n2cccc2/C=C2\NC(=O)N(Cc3ccccc3F)C2=O)c1. The van der Waals surface area contributed by atoms with E-state index in [1.807, 2.05) is 0 Å². The Balaban J connectivity index is 1.63. The van der Waals surface area contributed by atoms with Crippen LogP contribution in [0.25, 0.3) is 11.8 Å². The van der Waals surface area contributed by atoms with Crippen molar-refractivity contribution in [1.82, 2.24) is 14.8 Å². The first-order valence-electron chi connectivity index (χ1n) is 9.03. The molecule has 2 heterocycles. The van der Waals surface area contributed by atoms with Crippen LogP contribution in [0.1, 0.15) is 21.6 Å². The number of halogens is 1. The normalized spacial score (nSPS) is 15.0. The molecule has 0 unspecified atom stereocenters. The van der Waals surface area contributed by atoms with Gasteiger partial charge in [-0.25, -0.2) is 14.0 Å². The van der Waals surface area contributed by atoms with Gasteiger partial charge in [0.15, 0.2) is 0 Å². The van der Waals surface area contributed by atoms with Gasteiger partial charge in [0.25, 0.3) is 5.91 Å². The van der Waals surface area contributed by atoms with E-state index >= 15 is 0 Å². The Hall–Kier alpha value is -4.20. The molecule has 2 aromatic carbocycles. The lowest BCUT2D eigenvalue weighted by Gasteiger charge is -2.12. The van der Waals surface area contributed by atoms with Crippen LogP contribution in [0, 0.1) is 5.82 Å². The molecule has 2 N–H and O–H groups in total. The first-order valence-corrected chi connectivity index (χ1v) is 9.03. The van der Waals surface area contributed by atoms with Gasteiger partial charge >= 0.3 is 12.0 Å². The Morgan fingerprint density at radius 1 is 1.07 bits per heavy atom. The zero-order valence-corrected chi connectivity index (χ0v) is 15.6. The van der Waals surface area contributed by atoms with E-state index in [1.54, 1.807) is 41.1 Å². The number of imide groups is 1. The lowest BCUT2D eigenvalue weighted by atomic mass is 10.2. The summed E-state index contributed by atoms with van der Waals surface area (Å²) in [6.45, 7) is -0.184. The van der Waals surface area contributed by atoms with Crippen LogP contribution in [0.2, 0.25) is 0 Å². The smallest absolute Gasteiger partial charge is 0.335 e. The Bertz CT molecular complexity index is 1200. The first kappa shape index (κ1) is 19.1. The Morgan fingerprint density at radius 2 is 1.87 bits per heavy atom. The van der Waals surface area contributed by atoms with Crippen molar-refractivity contribution in [3.63, 3.8) is 0 Å². The summed E-state index contributed by atoms with van der Waals surface area (Å²) in [6, 6.07) is 15.1. The van der Waals surface area contributed by atoms with Crippen molar-refractivity contribution < 1.29 is 23.9 Å². The van der Waals surface area contributed by atoms with Crippen LogP contribution in [0.4, 0.5) is 9.18 Å². The highest BCUT2D eigenvalue weighted by molar-refractivity contribution is 6.13. The summed E-state index contributed by atoms with van der Waals surface area (Å²) >= 11 is 0. The number of aromatic carboxylic acids is 1. The number of carboxylic acid groups (broad SMARTS) is 1. The van der Waals surface area contributed by atoms with Crippen molar-refractivity contribution in [2.24, 2.45) is 0 Å². The molecule has 0 spiro atoms. The van der Waals surface area contributed by atoms with E-state index in [-0.39, 0.29) is 23.4 Å². The summed E-state index contributed by atoms with van der Waals surface area (Å²) in [4.78, 5) is 37.1. The maximum atomic E-state index is 13.9. The molecule has 1 aliphatic rings. The third kappa shape index (κ3) is 3.58. The molecule has 1 saturated heterocycles. The van der Waals surface area contributed by atoms with Crippen molar-refractivity contribution in [1.29, 1.82) is 0 Å². The molecule has 30 heavy (non-hydrogen) atoms. The minimum Gasteiger partial charge on any atom is -0.478 e. The monoisotopic (exact) mass is 405 g/mol. The average molecular weight is 405 g/mol. The second-order valence-electron chi connectivity index (χ2n) is 6.63. The molecule has 8 heteroatoms. The highest BCUT2D eigenvalue weighted by Gasteiger charge is 2.34. The third-order valence-corrected chi connectivity index (χ3v) is 4.69. The predicted octanol–water partition coefficient (Wildman–Crippen LogP) is 3.41. The molecule has 0 aliphatic carbocycles. The Kier molecular flexibility index (Phi) is 4.89. The van der Waals surface area contributed by atoms with E-state index < -0.39 is 23.7 Å². The Labute approximate surface area is 170 Å². The molecule has 1 fully saturated rings. The molecule has 1 aromatic heterocycles. The second kappa shape index (κ2) is 7.67. The number of carboxylic acids is 1. The minimum absolute atomic E-state index is 0.0469. The molecule has 4 rings (SSSR count). The average Bonchev–Trinajstić information content (AvgIpc) is 3.30. The van der Waals surface area contributed by atoms with Crippen molar-refractivity contribution in [3.8, 4) is 5.69 Å². The van der Waals surface area contributed by atoms with Crippen LogP contribution < -0.4 is 5.32 Å². The van der Waals surface area contributed by atoms with Gasteiger partial charge in [-0.1, -0.05) is 24.3 Å². The number of hydrogen-bond donors (Lipinski definition) is 2. The van der Waals surface area contributed by atoms with Gasteiger partial charge in [-0.3, -0.25) is 9.69 Å². The summed E-state index contributed by atoms with van der Waals surface area (Å²) in [5.74, 6) is -2.12. The van der Waals surface area contributed by atoms with Crippen LogP contribution in [0.3, 0.4) is 0 Å². The van der Waals surface area contributed by atoms with Gasteiger partial charge in [0, 0.05) is 23.1 Å². The molecular formula is C22H16FN3O4. The van der Waals surface area contributed by atoms with Crippen LogP contribution >= 0.6 is 0 Å². The van der Waals surface area contributed by atoms with E-state index in [1.165, 1.54) is 36.4 Å². The van der Waals surface area contributed by atoms with Crippen LogP contribution in [-0.4, -0.2) is 32.5 Å². The molecule has 3 aromatic rings. The summed E-state index contributed by atoms with van der Waals surface area (Å²) in [5.41, 5.74) is 1.56. The third-order valence-electron chi connectivity index (χ3n) is 4.69.